The molecule has 1 aromatic heterocycles. The fourth-order valence-electron chi connectivity index (χ4n) is 1.93. The maximum absolute atomic E-state index is 5.95. The number of hydrogen-bond acceptors (Lipinski definition) is 2. The molecule has 1 atom stereocenters. The number of rotatable bonds is 2. The molecule has 0 saturated carbocycles. The second-order valence-electron chi connectivity index (χ2n) is 3.97. The third-order valence-electron chi connectivity index (χ3n) is 2.87. The Morgan fingerprint density at radius 2 is 2.57 bits per heavy atom. The molecule has 1 aromatic rings. The first-order valence-corrected chi connectivity index (χ1v) is 5.54. The van der Waals surface area contributed by atoms with Crippen molar-refractivity contribution in [1.82, 2.24) is 15.1 Å². The molecule has 1 fully saturated rings. The quantitative estimate of drug-likeness (QED) is 0.813. The molecule has 0 bridgehead atoms. The van der Waals surface area contributed by atoms with Gasteiger partial charge in [-0.2, -0.15) is 5.10 Å². The van der Waals surface area contributed by atoms with Gasteiger partial charge in [0.15, 0.2) is 0 Å². The van der Waals surface area contributed by atoms with Crippen LogP contribution in [0.25, 0.3) is 0 Å². The lowest BCUT2D eigenvalue weighted by Gasteiger charge is -2.23. The molecular formula is C10H16ClN3. The summed E-state index contributed by atoms with van der Waals surface area (Å²) >= 11 is 5.95. The Hall–Kier alpha value is -0.540. The molecule has 0 radical (unpaired) electrons. The molecule has 0 aromatic carbocycles. The molecule has 0 aliphatic carbocycles. The molecule has 2 rings (SSSR count). The van der Waals surface area contributed by atoms with Crippen LogP contribution in [0, 0.1) is 12.8 Å². The molecule has 1 unspecified atom stereocenters. The van der Waals surface area contributed by atoms with Crippen LogP contribution >= 0.6 is 11.6 Å². The van der Waals surface area contributed by atoms with Crippen molar-refractivity contribution >= 4 is 11.6 Å². The molecule has 0 spiro atoms. The average molecular weight is 214 g/mol. The van der Waals surface area contributed by atoms with Crippen LogP contribution in [0.1, 0.15) is 18.5 Å². The largest absolute Gasteiger partial charge is 0.316 e. The predicted molar refractivity (Wildman–Crippen MR) is 57.6 cm³/mol. The number of hydrogen-bond donors (Lipinski definition) is 1. The first-order valence-electron chi connectivity index (χ1n) is 5.16. The molecule has 1 aliphatic heterocycles. The van der Waals surface area contributed by atoms with E-state index < -0.39 is 0 Å². The fraction of sp³-hybridized carbons (Fsp3) is 0.700. The number of halogens is 1. The van der Waals surface area contributed by atoms with Crippen LogP contribution in [-0.4, -0.2) is 22.9 Å². The summed E-state index contributed by atoms with van der Waals surface area (Å²) in [6.07, 6.45) is 4.30. The highest BCUT2D eigenvalue weighted by atomic mass is 35.5. The topological polar surface area (TPSA) is 29.9 Å². The van der Waals surface area contributed by atoms with E-state index in [4.69, 9.17) is 11.6 Å². The van der Waals surface area contributed by atoms with Gasteiger partial charge >= 0.3 is 0 Å². The highest BCUT2D eigenvalue weighted by molar-refractivity contribution is 6.31. The maximum atomic E-state index is 5.95. The van der Waals surface area contributed by atoms with E-state index in [0.717, 1.165) is 30.4 Å². The summed E-state index contributed by atoms with van der Waals surface area (Å²) in [7, 11) is 0. The smallest absolute Gasteiger partial charge is 0.0814 e. The number of aromatic nitrogens is 2. The van der Waals surface area contributed by atoms with Crippen molar-refractivity contribution in [3.63, 3.8) is 0 Å². The van der Waals surface area contributed by atoms with Crippen LogP contribution in [0.4, 0.5) is 0 Å². The van der Waals surface area contributed by atoms with E-state index in [2.05, 4.69) is 10.4 Å². The van der Waals surface area contributed by atoms with Gasteiger partial charge in [0, 0.05) is 6.54 Å². The van der Waals surface area contributed by atoms with Crippen molar-refractivity contribution in [2.24, 2.45) is 5.92 Å². The van der Waals surface area contributed by atoms with E-state index in [9.17, 15) is 0 Å². The summed E-state index contributed by atoms with van der Waals surface area (Å²) in [6.45, 7) is 5.28. The zero-order chi connectivity index (χ0) is 9.97. The normalized spacial score (nSPS) is 22.6. The lowest BCUT2D eigenvalue weighted by molar-refractivity contribution is 0.323. The minimum Gasteiger partial charge on any atom is -0.316 e. The fourth-order valence-corrected chi connectivity index (χ4v) is 2.07. The van der Waals surface area contributed by atoms with Gasteiger partial charge in [0.1, 0.15) is 0 Å². The Morgan fingerprint density at radius 3 is 3.14 bits per heavy atom. The number of nitrogens with zero attached hydrogens (tertiary/aromatic N) is 2. The third kappa shape index (κ3) is 2.10. The molecule has 1 N–H and O–H groups in total. The van der Waals surface area contributed by atoms with Crippen molar-refractivity contribution in [3.8, 4) is 0 Å². The van der Waals surface area contributed by atoms with Gasteiger partial charge in [-0.25, -0.2) is 0 Å². The Bertz CT molecular complexity index is 302. The summed E-state index contributed by atoms with van der Waals surface area (Å²) in [5.41, 5.74) is 1.08. The Kier molecular flexibility index (Phi) is 3.08. The molecule has 1 aliphatic rings. The van der Waals surface area contributed by atoms with Crippen molar-refractivity contribution in [3.05, 3.63) is 16.9 Å². The van der Waals surface area contributed by atoms with Crippen molar-refractivity contribution < 1.29 is 0 Å². The van der Waals surface area contributed by atoms with E-state index in [-0.39, 0.29) is 0 Å². The monoisotopic (exact) mass is 213 g/mol. The second kappa shape index (κ2) is 4.32. The zero-order valence-corrected chi connectivity index (χ0v) is 9.22. The minimum absolute atomic E-state index is 0.707. The minimum atomic E-state index is 0.707. The van der Waals surface area contributed by atoms with Crippen LogP contribution in [0.3, 0.4) is 0 Å². The van der Waals surface area contributed by atoms with Crippen LogP contribution in [0.15, 0.2) is 6.20 Å². The van der Waals surface area contributed by atoms with E-state index >= 15 is 0 Å². The van der Waals surface area contributed by atoms with Gasteiger partial charge in [0.25, 0.3) is 0 Å². The standard InChI is InChI=1S/C10H16ClN3/c1-8-10(11)6-13-14(8)7-9-3-2-4-12-5-9/h6,9,12H,2-5,7H2,1H3. The zero-order valence-electron chi connectivity index (χ0n) is 8.46. The lowest BCUT2D eigenvalue weighted by atomic mass is 10.00. The first-order chi connectivity index (χ1) is 6.77. The molecule has 14 heavy (non-hydrogen) atoms. The third-order valence-corrected chi connectivity index (χ3v) is 3.24. The molecule has 3 nitrogen and oxygen atoms in total. The van der Waals surface area contributed by atoms with Crippen molar-refractivity contribution in [2.75, 3.05) is 13.1 Å². The molecule has 1 saturated heterocycles. The van der Waals surface area contributed by atoms with Gasteiger partial charge in [-0.05, 0) is 38.8 Å². The number of nitrogens with one attached hydrogen (secondary N) is 1. The van der Waals surface area contributed by atoms with Gasteiger partial charge in [-0.3, -0.25) is 4.68 Å². The molecule has 2 heterocycles. The molecule has 78 valence electrons. The summed E-state index contributed by atoms with van der Waals surface area (Å²) in [5, 5.41) is 8.45. The number of piperidine rings is 1. The van der Waals surface area contributed by atoms with E-state index in [1.807, 2.05) is 11.6 Å². The Morgan fingerprint density at radius 1 is 1.71 bits per heavy atom. The van der Waals surface area contributed by atoms with Crippen molar-refractivity contribution in [2.45, 2.75) is 26.3 Å². The average Bonchev–Trinajstić information content (AvgIpc) is 2.52. The first kappa shape index (κ1) is 9.99. The van der Waals surface area contributed by atoms with Crippen molar-refractivity contribution in [1.29, 1.82) is 0 Å². The lowest BCUT2D eigenvalue weighted by Crippen LogP contribution is -2.32. The Labute approximate surface area is 89.4 Å². The molecule has 4 heteroatoms. The predicted octanol–water partition coefficient (Wildman–Crippen LogP) is 1.84. The maximum Gasteiger partial charge on any atom is 0.0814 e. The molecular weight excluding hydrogens is 198 g/mol. The Balaban J connectivity index is 1.99. The summed E-state index contributed by atoms with van der Waals surface area (Å²) in [6, 6.07) is 0. The summed E-state index contributed by atoms with van der Waals surface area (Å²) < 4.78 is 2.01. The van der Waals surface area contributed by atoms with Gasteiger partial charge < -0.3 is 5.32 Å². The van der Waals surface area contributed by atoms with Gasteiger partial charge in [0.2, 0.25) is 0 Å². The summed E-state index contributed by atoms with van der Waals surface area (Å²) in [4.78, 5) is 0. The highest BCUT2D eigenvalue weighted by Crippen LogP contribution is 2.17. The van der Waals surface area contributed by atoms with Gasteiger partial charge in [-0.1, -0.05) is 11.6 Å². The van der Waals surface area contributed by atoms with E-state index in [1.165, 1.54) is 12.8 Å². The SMILES string of the molecule is Cc1c(Cl)cnn1CC1CCCNC1. The summed E-state index contributed by atoms with van der Waals surface area (Å²) in [5.74, 6) is 0.707. The van der Waals surface area contributed by atoms with Gasteiger partial charge in [-0.15, -0.1) is 0 Å². The van der Waals surface area contributed by atoms with Crippen LogP contribution in [0.5, 0.6) is 0 Å². The van der Waals surface area contributed by atoms with Gasteiger partial charge in [0.05, 0.1) is 16.9 Å². The van der Waals surface area contributed by atoms with Crippen LogP contribution in [-0.2, 0) is 6.54 Å². The second-order valence-corrected chi connectivity index (χ2v) is 4.38. The van der Waals surface area contributed by atoms with Crippen LogP contribution in [0.2, 0.25) is 5.02 Å². The highest BCUT2D eigenvalue weighted by Gasteiger charge is 2.15. The van der Waals surface area contributed by atoms with E-state index in [0.29, 0.717) is 5.92 Å². The van der Waals surface area contributed by atoms with E-state index in [1.54, 1.807) is 6.20 Å². The van der Waals surface area contributed by atoms with Crippen LogP contribution < -0.4 is 5.32 Å². The molecule has 0 amide bonds.